The van der Waals surface area contributed by atoms with Gasteiger partial charge in [0.1, 0.15) is 0 Å². The first kappa shape index (κ1) is 14.3. The van der Waals surface area contributed by atoms with Crippen LogP contribution in [0.4, 0.5) is 0 Å². The van der Waals surface area contributed by atoms with Gasteiger partial charge in [-0.3, -0.25) is 0 Å². The van der Waals surface area contributed by atoms with Gasteiger partial charge in [0.15, 0.2) is 0 Å². The van der Waals surface area contributed by atoms with Gasteiger partial charge in [-0.15, -0.1) is 0 Å². The molecule has 0 amide bonds. The van der Waals surface area contributed by atoms with Crippen molar-refractivity contribution in [3.8, 4) is 0 Å². The Morgan fingerprint density at radius 1 is 0.909 bits per heavy atom. The minimum absolute atomic E-state index is 0. The fourth-order valence-electron chi connectivity index (χ4n) is 0.477. The second kappa shape index (κ2) is 6.33. The standard InChI is InChI=1S/C6H3Cl3.CH3.Ti/c7-4-2-1-3-5(8)6(4)9;;/h1-3H;1H3;/q;-1;. The van der Waals surface area contributed by atoms with E-state index < -0.39 is 0 Å². The van der Waals surface area contributed by atoms with Crippen LogP contribution < -0.4 is 0 Å². The molecule has 0 saturated carbocycles. The normalized spacial score (nSPS) is 7.91. The summed E-state index contributed by atoms with van der Waals surface area (Å²) in [5.41, 5.74) is 0. The average Bonchev–Trinajstić information content (AvgIpc) is 1.83. The van der Waals surface area contributed by atoms with E-state index in [4.69, 9.17) is 34.8 Å². The average molecular weight is 244 g/mol. The van der Waals surface area contributed by atoms with E-state index in [1.165, 1.54) is 0 Å². The molecule has 0 bridgehead atoms. The topological polar surface area (TPSA) is 0 Å². The molecule has 1 aromatic rings. The van der Waals surface area contributed by atoms with E-state index >= 15 is 0 Å². The Morgan fingerprint density at radius 2 is 1.27 bits per heavy atom. The molecule has 0 fully saturated rings. The summed E-state index contributed by atoms with van der Waals surface area (Å²) in [7, 11) is 0. The van der Waals surface area contributed by atoms with Gasteiger partial charge in [0.05, 0.1) is 15.1 Å². The van der Waals surface area contributed by atoms with E-state index in [0.29, 0.717) is 15.1 Å². The molecule has 0 N–H and O–H groups in total. The van der Waals surface area contributed by atoms with Crippen LogP contribution in [-0.2, 0) is 21.7 Å². The molecule has 0 aliphatic heterocycles. The van der Waals surface area contributed by atoms with Crippen molar-refractivity contribution in [2.45, 2.75) is 0 Å². The van der Waals surface area contributed by atoms with Crippen molar-refractivity contribution >= 4 is 34.8 Å². The molecule has 0 aliphatic rings. The second-order valence-electron chi connectivity index (χ2n) is 1.54. The molecule has 0 radical (unpaired) electrons. The number of hydrogen-bond acceptors (Lipinski definition) is 0. The molecular formula is C7H6Cl3Ti-. The Bertz CT molecular complexity index is 205. The Kier molecular flexibility index (Phi) is 8.26. The van der Waals surface area contributed by atoms with Crippen LogP contribution in [0.3, 0.4) is 0 Å². The maximum Gasteiger partial charge on any atom is 0.0778 e. The Balaban J connectivity index is 0. The molecule has 0 atom stereocenters. The minimum Gasteiger partial charge on any atom is -0.358 e. The third-order valence-corrected chi connectivity index (χ3v) is 2.14. The molecule has 0 aromatic heterocycles. The fraction of sp³-hybridized carbons (Fsp3) is 0. The van der Waals surface area contributed by atoms with Crippen molar-refractivity contribution in [2.24, 2.45) is 0 Å². The number of halogens is 3. The maximum absolute atomic E-state index is 5.61. The first-order chi connectivity index (χ1) is 4.22. The van der Waals surface area contributed by atoms with Crippen molar-refractivity contribution in [1.29, 1.82) is 0 Å². The van der Waals surface area contributed by atoms with E-state index in [1.807, 2.05) is 0 Å². The molecule has 1 rings (SSSR count). The van der Waals surface area contributed by atoms with Crippen LogP contribution in [0.5, 0.6) is 0 Å². The number of rotatable bonds is 0. The minimum atomic E-state index is 0. The van der Waals surface area contributed by atoms with Crippen LogP contribution in [-0.4, -0.2) is 0 Å². The molecule has 0 spiro atoms. The zero-order valence-electron chi connectivity index (χ0n) is 5.87. The zero-order valence-corrected chi connectivity index (χ0v) is 9.70. The van der Waals surface area contributed by atoms with E-state index in [9.17, 15) is 0 Å². The SMILES string of the molecule is Clc1cccc(Cl)c1Cl.[CH3-].[Ti]. The van der Waals surface area contributed by atoms with Gasteiger partial charge in [-0.1, -0.05) is 40.9 Å². The third kappa shape index (κ3) is 3.82. The van der Waals surface area contributed by atoms with Crippen LogP contribution in [0.2, 0.25) is 15.1 Å². The molecule has 4 heteroatoms. The van der Waals surface area contributed by atoms with E-state index in [-0.39, 0.29) is 29.1 Å². The van der Waals surface area contributed by atoms with E-state index in [1.54, 1.807) is 18.2 Å². The number of hydrogen-bond donors (Lipinski definition) is 0. The van der Waals surface area contributed by atoms with Crippen molar-refractivity contribution in [3.05, 3.63) is 40.7 Å². The Morgan fingerprint density at radius 3 is 1.55 bits per heavy atom. The van der Waals surface area contributed by atoms with Crippen molar-refractivity contribution < 1.29 is 21.7 Å². The van der Waals surface area contributed by atoms with Gasteiger partial charge >= 0.3 is 0 Å². The van der Waals surface area contributed by atoms with Gasteiger partial charge < -0.3 is 7.43 Å². The van der Waals surface area contributed by atoms with Crippen LogP contribution in [0.25, 0.3) is 0 Å². The molecule has 0 aliphatic carbocycles. The summed E-state index contributed by atoms with van der Waals surface area (Å²) in [4.78, 5) is 0. The summed E-state index contributed by atoms with van der Waals surface area (Å²) in [6, 6.07) is 5.13. The smallest absolute Gasteiger partial charge is 0.0778 e. The van der Waals surface area contributed by atoms with E-state index in [0.717, 1.165) is 0 Å². The molecule has 1 aromatic carbocycles. The van der Waals surface area contributed by atoms with Crippen LogP contribution in [0.15, 0.2) is 18.2 Å². The zero-order chi connectivity index (χ0) is 6.85. The molecular weight excluding hydrogens is 238 g/mol. The summed E-state index contributed by atoms with van der Waals surface area (Å²) in [5, 5.41) is 1.40. The van der Waals surface area contributed by atoms with Gasteiger partial charge in [0.2, 0.25) is 0 Å². The van der Waals surface area contributed by atoms with Gasteiger partial charge in [-0.2, -0.15) is 0 Å². The predicted octanol–water partition coefficient (Wildman–Crippen LogP) is 4.09. The molecule has 0 heterocycles. The van der Waals surface area contributed by atoms with Crippen LogP contribution >= 0.6 is 34.8 Å². The number of benzene rings is 1. The molecule has 60 valence electrons. The quantitative estimate of drug-likeness (QED) is 0.366. The molecule has 0 unspecified atom stereocenters. The first-order valence-electron chi connectivity index (χ1n) is 2.31. The van der Waals surface area contributed by atoms with Gasteiger partial charge in [0.25, 0.3) is 0 Å². The summed E-state index contributed by atoms with van der Waals surface area (Å²) in [6.07, 6.45) is 0. The third-order valence-electron chi connectivity index (χ3n) is 0.904. The largest absolute Gasteiger partial charge is 0.358 e. The summed E-state index contributed by atoms with van der Waals surface area (Å²) in [6.45, 7) is 0. The molecule has 0 saturated heterocycles. The van der Waals surface area contributed by atoms with Crippen molar-refractivity contribution in [2.75, 3.05) is 0 Å². The fourth-order valence-corrected chi connectivity index (χ4v) is 1.00. The predicted molar refractivity (Wildman–Crippen MR) is 47.9 cm³/mol. The monoisotopic (exact) mass is 243 g/mol. The van der Waals surface area contributed by atoms with Gasteiger partial charge in [-0.05, 0) is 12.1 Å². The van der Waals surface area contributed by atoms with Gasteiger partial charge in [0, 0.05) is 21.7 Å². The summed E-state index contributed by atoms with van der Waals surface area (Å²) < 4.78 is 0. The molecule has 11 heavy (non-hydrogen) atoms. The first-order valence-corrected chi connectivity index (χ1v) is 3.44. The Labute approximate surface area is 96.7 Å². The van der Waals surface area contributed by atoms with Crippen molar-refractivity contribution in [1.82, 2.24) is 0 Å². The summed E-state index contributed by atoms with van der Waals surface area (Å²) >= 11 is 16.8. The summed E-state index contributed by atoms with van der Waals surface area (Å²) in [5.74, 6) is 0. The van der Waals surface area contributed by atoms with Crippen LogP contribution in [0, 0.1) is 7.43 Å². The maximum atomic E-state index is 5.61. The van der Waals surface area contributed by atoms with Crippen LogP contribution in [0.1, 0.15) is 0 Å². The second-order valence-corrected chi connectivity index (χ2v) is 2.73. The van der Waals surface area contributed by atoms with Crippen molar-refractivity contribution in [3.63, 3.8) is 0 Å². The molecule has 0 nitrogen and oxygen atoms in total. The Hall–Kier alpha value is 0.804. The van der Waals surface area contributed by atoms with Gasteiger partial charge in [-0.25, -0.2) is 0 Å². The van der Waals surface area contributed by atoms with E-state index in [2.05, 4.69) is 0 Å².